The zero-order chi connectivity index (χ0) is 12.4. The first-order valence-electron chi connectivity index (χ1n) is 5.84. The highest BCUT2D eigenvalue weighted by Gasteiger charge is 2.31. The molecule has 1 aliphatic heterocycles. The van der Waals surface area contributed by atoms with Gasteiger partial charge < -0.3 is 10.2 Å². The molecule has 1 saturated heterocycles. The van der Waals surface area contributed by atoms with E-state index < -0.39 is 0 Å². The van der Waals surface area contributed by atoms with Crippen LogP contribution >= 0.6 is 27.3 Å². The predicted molar refractivity (Wildman–Crippen MR) is 74.1 cm³/mol. The average Bonchev–Trinajstić information content (AvgIpc) is 2.79. The molecule has 0 bridgehead atoms. The lowest BCUT2D eigenvalue weighted by atomic mass is 10.2. The lowest BCUT2D eigenvalue weighted by Gasteiger charge is -2.18. The number of carbonyl (C=O) groups excluding carboxylic acids is 1. The van der Waals surface area contributed by atoms with Crippen molar-refractivity contribution in [1.82, 2.24) is 10.2 Å². The van der Waals surface area contributed by atoms with E-state index in [0.717, 1.165) is 24.0 Å². The van der Waals surface area contributed by atoms with E-state index in [1.165, 1.54) is 4.88 Å². The van der Waals surface area contributed by atoms with Gasteiger partial charge in [0.2, 0.25) is 5.91 Å². The van der Waals surface area contributed by atoms with Crippen LogP contribution in [0.3, 0.4) is 0 Å². The molecule has 0 aromatic carbocycles. The summed E-state index contributed by atoms with van der Waals surface area (Å²) in [5, 5.41) is 5.36. The van der Waals surface area contributed by atoms with Crippen LogP contribution in [0.15, 0.2) is 15.9 Å². The predicted octanol–water partition coefficient (Wildman–Crippen LogP) is 2.61. The number of nitrogens with zero attached hydrogens (tertiary/aromatic N) is 1. The number of hydrogen-bond donors (Lipinski definition) is 1. The van der Waals surface area contributed by atoms with E-state index >= 15 is 0 Å². The maximum absolute atomic E-state index is 12.1. The van der Waals surface area contributed by atoms with Gasteiger partial charge in [-0.25, -0.2) is 0 Å². The fourth-order valence-electron chi connectivity index (χ4n) is 2.06. The Hall–Kier alpha value is -0.390. The minimum absolute atomic E-state index is 0.00809. The summed E-state index contributed by atoms with van der Waals surface area (Å²) in [6, 6.07) is 2.40. The van der Waals surface area contributed by atoms with Crippen molar-refractivity contribution in [3.8, 4) is 0 Å². The molecule has 1 aromatic rings. The first-order chi connectivity index (χ1) is 8.08. The second kappa shape index (κ2) is 5.50. The Morgan fingerprint density at radius 2 is 2.41 bits per heavy atom. The molecule has 1 unspecified atom stereocenters. The average molecular weight is 317 g/mol. The first kappa shape index (κ1) is 13.1. The van der Waals surface area contributed by atoms with Gasteiger partial charge in [0.1, 0.15) is 0 Å². The molecule has 1 N–H and O–H groups in total. The van der Waals surface area contributed by atoms with Crippen molar-refractivity contribution in [2.45, 2.75) is 38.9 Å². The van der Waals surface area contributed by atoms with Crippen molar-refractivity contribution >= 4 is 33.2 Å². The first-order valence-corrected chi connectivity index (χ1v) is 7.52. The van der Waals surface area contributed by atoms with Crippen LogP contribution in [-0.2, 0) is 11.3 Å². The van der Waals surface area contributed by atoms with Crippen molar-refractivity contribution in [3.05, 3.63) is 20.8 Å². The van der Waals surface area contributed by atoms with E-state index in [1.807, 2.05) is 16.3 Å². The zero-order valence-corrected chi connectivity index (χ0v) is 12.5. The lowest BCUT2D eigenvalue weighted by Crippen LogP contribution is -2.41. The number of likely N-dealkylation sites (tertiary alicyclic amines) is 1. The van der Waals surface area contributed by atoms with Crippen LogP contribution in [0.5, 0.6) is 0 Å². The van der Waals surface area contributed by atoms with E-state index in [0.29, 0.717) is 6.04 Å². The molecule has 1 amide bonds. The Kier molecular flexibility index (Phi) is 4.22. The van der Waals surface area contributed by atoms with Gasteiger partial charge in [-0.05, 0) is 33.8 Å². The molecule has 1 atom stereocenters. The van der Waals surface area contributed by atoms with Crippen molar-refractivity contribution in [2.75, 3.05) is 6.54 Å². The highest BCUT2D eigenvalue weighted by molar-refractivity contribution is 9.10. The SMILES string of the molecule is CC(C)NC1CCN(Cc2sccc2Br)C1=O. The van der Waals surface area contributed by atoms with E-state index in [1.54, 1.807) is 11.3 Å². The van der Waals surface area contributed by atoms with E-state index in [2.05, 4.69) is 35.1 Å². The summed E-state index contributed by atoms with van der Waals surface area (Å²) in [5.41, 5.74) is 0. The number of nitrogens with one attached hydrogen (secondary N) is 1. The standard InChI is InChI=1S/C12H17BrN2OS/c1-8(2)14-10-3-5-15(12(10)16)7-11-9(13)4-6-17-11/h4,6,8,10,14H,3,5,7H2,1-2H3. The largest absolute Gasteiger partial charge is 0.336 e. The molecular weight excluding hydrogens is 300 g/mol. The van der Waals surface area contributed by atoms with Gasteiger partial charge in [0.05, 0.1) is 12.6 Å². The van der Waals surface area contributed by atoms with Crippen LogP contribution in [0.4, 0.5) is 0 Å². The fourth-order valence-corrected chi connectivity index (χ4v) is 3.56. The van der Waals surface area contributed by atoms with Crippen LogP contribution in [0.25, 0.3) is 0 Å². The summed E-state index contributed by atoms with van der Waals surface area (Å²) < 4.78 is 1.11. The Morgan fingerprint density at radius 1 is 1.65 bits per heavy atom. The van der Waals surface area contributed by atoms with Gasteiger partial charge >= 0.3 is 0 Å². The monoisotopic (exact) mass is 316 g/mol. The maximum Gasteiger partial charge on any atom is 0.240 e. The smallest absolute Gasteiger partial charge is 0.240 e. The van der Waals surface area contributed by atoms with Crippen molar-refractivity contribution < 1.29 is 4.79 Å². The van der Waals surface area contributed by atoms with Crippen molar-refractivity contribution in [1.29, 1.82) is 0 Å². The molecule has 5 heteroatoms. The molecule has 0 spiro atoms. The van der Waals surface area contributed by atoms with Crippen LogP contribution in [0.2, 0.25) is 0 Å². The van der Waals surface area contributed by atoms with Gasteiger partial charge in [-0.3, -0.25) is 4.79 Å². The second-order valence-electron chi connectivity index (χ2n) is 4.61. The molecule has 3 nitrogen and oxygen atoms in total. The van der Waals surface area contributed by atoms with Crippen LogP contribution < -0.4 is 5.32 Å². The molecule has 1 fully saturated rings. The summed E-state index contributed by atoms with van der Waals surface area (Å²) in [7, 11) is 0. The summed E-state index contributed by atoms with van der Waals surface area (Å²) in [6.07, 6.45) is 0.917. The normalized spacial score (nSPS) is 20.6. The summed E-state index contributed by atoms with van der Waals surface area (Å²) in [5.74, 6) is 0.235. The molecule has 0 saturated carbocycles. The molecular formula is C12H17BrN2OS. The third-order valence-corrected chi connectivity index (χ3v) is 4.77. The Balaban J connectivity index is 1.96. The summed E-state index contributed by atoms with van der Waals surface area (Å²) in [6.45, 7) is 5.73. The van der Waals surface area contributed by atoms with Gasteiger partial charge in [-0.1, -0.05) is 13.8 Å². The van der Waals surface area contributed by atoms with Gasteiger partial charge in [0.15, 0.2) is 0 Å². The zero-order valence-electron chi connectivity index (χ0n) is 10.1. The van der Waals surface area contributed by atoms with Gasteiger partial charge in [0.25, 0.3) is 0 Å². The molecule has 0 aliphatic carbocycles. The van der Waals surface area contributed by atoms with E-state index in [9.17, 15) is 4.79 Å². The van der Waals surface area contributed by atoms with Gasteiger partial charge in [0, 0.05) is 21.9 Å². The Bertz CT molecular complexity index is 405. The quantitative estimate of drug-likeness (QED) is 0.926. The van der Waals surface area contributed by atoms with Crippen LogP contribution in [0.1, 0.15) is 25.1 Å². The number of hydrogen-bond acceptors (Lipinski definition) is 3. The number of carbonyl (C=O) groups is 1. The molecule has 1 aromatic heterocycles. The topological polar surface area (TPSA) is 32.3 Å². The highest BCUT2D eigenvalue weighted by atomic mass is 79.9. The lowest BCUT2D eigenvalue weighted by molar-refractivity contribution is -0.130. The number of rotatable bonds is 4. The van der Waals surface area contributed by atoms with Gasteiger partial charge in [-0.15, -0.1) is 11.3 Å². The number of amides is 1. The van der Waals surface area contributed by atoms with Crippen molar-refractivity contribution in [2.24, 2.45) is 0 Å². The minimum atomic E-state index is 0.00809. The Morgan fingerprint density at radius 3 is 3.00 bits per heavy atom. The van der Waals surface area contributed by atoms with Gasteiger partial charge in [-0.2, -0.15) is 0 Å². The molecule has 2 rings (SSSR count). The number of thiophene rings is 1. The summed E-state index contributed by atoms with van der Waals surface area (Å²) in [4.78, 5) is 15.3. The third kappa shape index (κ3) is 3.09. The maximum atomic E-state index is 12.1. The Labute approximate surface area is 114 Å². The van der Waals surface area contributed by atoms with Crippen LogP contribution in [-0.4, -0.2) is 29.4 Å². The van der Waals surface area contributed by atoms with Crippen molar-refractivity contribution in [3.63, 3.8) is 0 Å². The molecule has 2 heterocycles. The second-order valence-corrected chi connectivity index (χ2v) is 6.47. The third-order valence-electron chi connectivity index (χ3n) is 2.86. The van der Waals surface area contributed by atoms with Crippen LogP contribution in [0, 0.1) is 0 Å². The fraction of sp³-hybridized carbons (Fsp3) is 0.583. The van der Waals surface area contributed by atoms with E-state index in [-0.39, 0.29) is 11.9 Å². The summed E-state index contributed by atoms with van der Waals surface area (Å²) >= 11 is 5.20. The molecule has 1 aliphatic rings. The number of halogens is 1. The molecule has 94 valence electrons. The minimum Gasteiger partial charge on any atom is -0.336 e. The molecule has 0 radical (unpaired) electrons. The van der Waals surface area contributed by atoms with E-state index in [4.69, 9.17) is 0 Å². The molecule has 17 heavy (non-hydrogen) atoms. The highest BCUT2D eigenvalue weighted by Crippen LogP contribution is 2.26.